The Hall–Kier alpha value is -1.39. The standard InChI is InChI=1S/C49H93NO3/c1-3-5-7-9-11-13-15-17-19-21-23-25-27-29-31-33-35-37-39-41-43-45-49(53)50-47(46-51)48(52)44-42-40-38-36-34-32-30-28-26-24-22-20-18-16-14-12-10-8-6-4-2/h5,7,11,13,42,44,47-48,51-52H,3-4,6,8-10,12,14-41,43,45-46H2,1-2H3,(H,50,53)/b7-5-,13-11-,44-42+. The molecular formula is C49H93NO3. The monoisotopic (exact) mass is 744 g/mol. The van der Waals surface area contributed by atoms with E-state index in [1.165, 1.54) is 193 Å². The molecule has 1 amide bonds. The highest BCUT2D eigenvalue weighted by Crippen LogP contribution is 2.16. The van der Waals surface area contributed by atoms with Crippen molar-refractivity contribution in [2.24, 2.45) is 0 Å². The first-order valence-corrected chi connectivity index (χ1v) is 23.7. The Morgan fingerprint density at radius 1 is 0.472 bits per heavy atom. The van der Waals surface area contributed by atoms with Crippen LogP contribution in [0.4, 0.5) is 0 Å². The minimum atomic E-state index is -0.838. The van der Waals surface area contributed by atoms with Crippen LogP contribution in [0.3, 0.4) is 0 Å². The molecule has 53 heavy (non-hydrogen) atoms. The van der Waals surface area contributed by atoms with Crippen LogP contribution in [0.15, 0.2) is 36.5 Å². The third kappa shape index (κ3) is 41.6. The average molecular weight is 744 g/mol. The van der Waals surface area contributed by atoms with Crippen LogP contribution in [-0.4, -0.2) is 34.9 Å². The molecule has 0 radical (unpaired) electrons. The summed E-state index contributed by atoms with van der Waals surface area (Å²) in [6.07, 6.45) is 59.8. The van der Waals surface area contributed by atoms with E-state index < -0.39 is 12.1 Å². The van der Waals surface area contributed by atoms with E-state index in [0.717, 1.165) is 38.5 Å². The first-order chi connectivity index (χ1) is 26.2. The third-order valence-electron chi connectivity index (χ3n) is 10.9. The molecule has 2 atom stereocenters. The smallest absolute Gasteiger partial charge is 0.220 e. The zero-order valence-electron chi connectivity index (χ0n) is 35.8. The highest BCUT2D eigenvalue weighted by molar-refractivity contribution is 5.76. The van der Waals surface area contributed by atoms with Gasteiger partial charge in [0.2, 0.25) is 5.91 Å². The molecule has 2 unspecified atom stereocenters. The van der Waals surface area contributed by atoms with Gasteiger partial charge in [-0.2, -0.15) is 0 Å². The van der Waals surface area contributed by atoms with Gasteiger partial charge in [-0.1, -0.05) is 237 Å². The summed E-state index contributed by atoms with van der Waals surface area (Å²) in [5.74, 6) is -0.0627. The van der Waals surface area contributed by atoms with Crippen LogP contribution in [0, 0.1) is 0 Å². The largest absolute Gasteiger partial charge is 0.394 e. The molecular weight excluding hydrogens is 651 g/mol. The van der Waals surface area contributed by atoms with Gasteiger partial charge in [0.05, 0.1) is 18.8 Å². The van der Waals surface area contributed by atoms with Crippen molar-refractivity contribution < 1.29 is 15.0 Å². The lowest BCUT2D eigenvalue weighted by atomic mass is 10.0. The van der Waals surface area contributed by atoms with Crippen LogP contribution in [0.2, 0.25) is 0 Å². The van der Waals surface area contributed by atoms with Gasteiger partial charge in [0.15, 0.2) is 0 Å². The minimum Gasteiger partial charge on any atom is -0.394 e. The zero-order valence-corrected chi connectivity index (χ0v) is 35.8. The van der Waals surface area contributed by atoms with Crippen LogP contribution < -0.4 is 5.32 Å². The molecule has 0 aliphatic heterocycles. The van der Waals surface area contributed by atoms with Gasteiger partial charge in [0, 0.05) is 6.42 Å². The molecule has 0 rings (SSSR count). The zero-order chi connectivity index (χ0) is 38.6. The number of allylic oxidation sites excluding steroid dienone is 5. The number of nitrogens with one attached hydrogen (secondary N) is 1. The van der Waals surface area contributed by atoms with Gasteiger partial charge in [-0.3, -0.25) is 4.79 Å². The van der Waals surface area contributed by atoms with Crippen molar-refractivity contribution >= 4 is 5.91 Å². The van der Waals surface area contributed by atoms with Gasteiger partial charge in [-0.05, 0) is 44.9 Å². The maximum atomic E-state index is 12.4. The summed E-state index contributed by atoms with van der Waals surface area (Å²) >= 11 is 0. The van der Waals surface area contributed by atoms with E-state index in [9.17, 15) is 15.0 Å². The minimum absolute atomic E-state index is 0.0627. The number of aliphatic hydroxyl groups excluding tert-OH is 2. The number of aliphatic hydroxyl groups is 2. The lowest BCUT2D eigenvalue weighted by Gasteiger charge is -2.20. The summed E-state index contributed by atoms with van der Waals surface area (Å²) in [4.78, 5) is 12.4. The van der Waals surface area contributed by atoms with Crippen LogP contribution >= 0.6 is 0 Å². The number of rotatable bonds is 43. The molecule has 0 aliphatic rings. The van der Waals surface area contributed by atoms with Crippen LogP contribution in [0.5, 0.6) is 0 Å². The first-order valence-electron chi connectivity index (χ1n) is 23.7. The fourth-order valence-electron chi connectivity index (χ4n) is 7.28. The Kier molecular flexibility index (Phi) is 43.8. The predicted molar refractivity (Wildman–Crippen MR) is 235 cm³/mol. The number of carbonyl (C=O) groups excluding carboxylic acids is 1. The molecule has 3 N–H and O–H groups in total. The first kappa shape index (κ1) is 51.6. The fraction of sp³-hybridized carbons (Fsp3) is 0.857. The molecule has 312 valence electrons. The van der Waals surface area contributed by atoms with Crippen LogP contribution in [0.1, 0.15) is 251 Å². The van der Waals surface area contributed by atoms with E-state index in [1.54, 1.807) is 6.08 Å². The predicted octanol–water partition coefficient (Wildman–Crippen LogP) is 15.0. The summed E-state index contributed by atoms with van der Waals surface area (Å²) in [5, 5.41) is 23.1. The molecule has 0 aliphatic carbocycles. The summed E-state index contributed by atoms with van der Waals surface area (Å²) in [6.45, 7) is 4.23. The van der Waals surface area contributed by atoms with Crippen molar-refractivity contribution in [2.75, 3.05) is 6.61 Å². The summed E-state index contributed by atoms with van der Waals surface area (Å²) in [7, 11) is 0. The summed E-state index contributed by atoms with van der Waals surface area (Å²) < 4.78 is 0. The number of hydrogen-bond donors (Lipinski definition) is 3. The van der Waals surface area contributed by atoms with Gasteiger partial charge in [-0.15, -0.1) is 0 Å². The van der Waals surface area contributed by atoms with E-state index in [4.69, 9.17) is 0 Å². The van der Waals surface area contributed by atoms with Crippen molar-refractivity contribution in [3.05, 3.63) is 36.5 Å². The number of hydrogen-bond acceptors (Lipinski definition) is 3. The maximum Gasteiger partial charge on any atom is 0.220 e. The molecule has 0 bridgehead atoms. The van der Waals surface area contributed by atoms with Gasteiger partial charge in [0.25, 0.3) is 0 Å². The molecule has 4 nitrogen and oxygen atoms in total. The van der Waals surface area contributed by atoms with Crippen LogP contribution in [0.25, 0.3) is 0 Å². The highest BCUT2D eigenvalue weighted by atomic mass is 16.3. The number of amides is 1. The van der Waals surface area contributed by atoms with E-state index in [0.29, 0.717) is 6.42 Å². The molecule has 0 spiro atoms. The molecule has 0 aromatic heterocycles. The fourth-order valence-corrected chi connectivity index (χ4v) is 7.28. The van der Waals surface area contributed by atoms with Gasteiger partial charge in [0.1, 0.15) is 0 Å². The average Bonchev–Trinajstić information content (AvgIpc) is 3.16. The lowest BCUT2D eigenvalue weighted by molar-refractivity contribution is -0.123. The highest BCUT2D eigenvalue weighted by Gasteiger charge is 2.17. The van der Waals surface area contributed by atoms with Gasteiger partial charge in [-0.25, -0.2) is 0 Å². The Labute approximate surface area is 331 Å². The van der Waals surface area contributed by atoms with E-state index in [-0.39, 0.29) is 12.5 Å². The summed E-state index contributed by atoms with van der Waals surface area (Å²) in [5.41, 5.74) is 0. The second-order valence-corrected chi connectivity index (χ2v) is 16.1. The van der Waals surface area contributed by atoms with Crippen molar-refractivity contribution in [3.63, 3.8) is 0 Å². The Morgan fingerprint density at radius 2 is 0.830 bits per heavy atom. The molecule has 0 fully saturated rings. The van der Waals surface area contributed by atoms with Crippen molar-refractivity contribution in [3.8, 4) is 0 Å². The molecule has 0 saturated carbocycles. The van der Waals surface area contributed by atoms with Gasteiger partial charge < -0.3 is 15.5 Å². The lowest BCUT2D eigenvalue weighted by Crippen LogP contribution is -2.45. The Balaban J connectivity index is 3.52. The van der Waals surface area contributed by atoms with Gasteiger partial charge >= 0.3 is 0 Å². The second kappa shape index (κ2) is 45.0. The Bertz CT molecular complexity index is 806. The molecule has 0 aromatic rings. The van der Waals surface area contributed by atoms with E-state index in [1.807, 2.05) is 6.08 Å². The van der Waals surface area contributed by atoms with Crippen molar-refractivity contribution in [2.45, 2.75) is 264 Å². The molecule has 0 saturated heterocycles. The van der Waals surface area contributed by atoms with Crippen molar-refractivity contribution in [1.29, 1.82) is 0 Å². The number of carbonyl (C=O) groups is 1. The summed E-state index contributed by atoms with van der Waals surface area (Å²) in [6, 6.07) is -0.621. The second-order valence-electron chi connectivity index (χ2n) is 16.1. The molecule has 4 heteroatoms. The SMILES string of the molecule is CC/C=C\C/C=C\CCCCCCCCCCCCCCCCC(=O)NC(CO)C(O)/C=C/CCCCCCCCCCCCCCCCCCCC. The topological polar surface area (TPSA) is 69.6 Å². The van der Waals surface area contributed by atoms with E-state index >= 15 is 0 Å². The number of unbranched alkanes of at least 4 members (excludes halogenated alkanes) is 32. The van der Waals surface area contributed by atoms with Crippen LogP contribution in [-0.2, 0) is 4.79 Å². The van der Waals surface area contributed by atoms with E-state index in [2.05, 4.69) is 43.5 Å². The normalized spacial score (nSPS) is 13.2. The Morgan fingerprint density at radius 3 is 1.23 bits per heavy atom. The maximum absolute atomic E-state index is 12.4. The molecule has 0 aromatic carbocycles. The quantitative estimate of drug-likeness (QED) is 0.0430. The molecule has 0 heterocycles. The third-order valence-corrected chi connectivity index (χ3v) is 10.9. The van der Waals surface area contributed by atoms with Crippen molar-refractivity contribution in [1.82, 2.24) is 5.32 Å².